The smallest absolute Gasteiger partial charge is 0.276 e. The molecule has 0 bridgehead atoms. The molecule has 0 amide bonds. The summed E-state index contributed by atoms with van der Waals surface area (Å²) in [4.78, 5) is 2.18. The summed E-state index contributed by atoms with van der Waals surface area (Å²) < 4.78 is 37.8. The lowest BCUT2D eigenvalue weighted by molar-refractivity contribution is 0.362. The van der Waals surface area contributed by atoms with E-state index in [1.54, 1.807) is 6.92 Å². The first-order chi connectivity index (χ1) is 12.9. The van der Waals surface area contributed by atoms with Gasteiger partial charge in [0.2, 0.25) is 11.0 Å². The van der Waals surface area contributed by atoms with Crippen LogP contribution in [0.3, 0.4) is 0 Å². The van der Waals surface area contributed by atoms with Gasteiger partial charge in [0.1, 0.15) is 6.26 Å². The van der Waals surface area contributed by atoms with Crippen LogP contribution < -0.4 is 4.90 Å². The van der Waals surface area contributed by atoms with E-state index in [-0.39, 0.29) is 11.0 Å². The molecule has 3 heterocycles. The Morgan fingerprint density at radius 3 is 2.33 bits per heavy atom. The van der Waals surface area contributed by atoms with Crippen molar-refractivity contribution in [3.8, 4) is 11.5 Å². The van der Waals surface area contributed by atoms with E-state index in [4.69, 9.17) is 8.83 Å². The van der Waals surface area contributed by atoms with E-state index >= 15 is 0 Å². The molecule has 0 atom stereocenters. The molecule has 0 saturated carbocycles. The van der Waals surface area contributed by atoms with Crippen molar-refractivity contribution in [3.63, 3.8) is 0 Å². The van der Waals surface area contributed by atoms with Gasteiger partial charge >= 0.3 is 0 Å². The molecule has 2 aromatic heterocycles. The SMILES string of the molecule is Cc1ccc(N2CCN(S(=O)(=O)c3cc(-c4nnc(C)o4)co3)CC2)cc1. The average Bonchev–Trinajstić information content (AvgIpc) is 3.32. The minimum atomic E-state index is -3.70. The summed E-state index contributed by atoms with van der Waals surface area (Å²) in [7, 11) is -3.70. The fraction of sp³-hybridized carbons (Fsp3) is 0.333. The number of benzene rings is 1. The van der Waals surface area contributed by atoms with Gasteiger partial charge < -0.3 is 13.7 Å². The Hall–Kier alpha value is -2.65. The van der Waals surface area contributed by atoms with Gasteiger partial charge in [-0.05, 0) is 19.1 Å². The van der Waals surface area contributed by atoms with Crippen LogP contribution in [-0.2, 0) is 10.0 Å². The second-order valence-corrected chi connectivity index (χ2v) is 8.38. The molecule has 0 spiro atoms. The van der Waals surface area contributed by atoms with Crippen LogP contribution in [0.2, 0.25) is 0 Å². The maximum atomic E-state index is 12.9. The molecule has 0 radical (unpaired) electrons. The lowest BCUT2D eigenvalue weighted by atomic mass is 10.2. The van der Waals surface area contributed by atoms with Crippen LogP contribution >= 0.6 is 0 Å². The van der Waals surface area contributed by atoms with E-state index < -0.39 is 10.0 Å². The molecule has 3 aromatic rings. The topological polar surface area (TPSA) is 92.7 Å². The quantitative estimate of drug-likeness (QED) is 0.678. The lowest BCUT2D eigenvalue weighted by Gasteiger charge is -2.34. The van der Waals surface area contributed by atoms with Gasteiger partial charge in [-0.1, -0.05) is 17.7 Å². The van der Waals surface area contributed by atoms with Gasteiger partial charge in [0, 0.05) is 44.9 Å². The number of hydrogen-bond acceptors (Lipinski definition) is 7. The number of furan rings is 1. The summed E-state index contributed by atoms with van der Waals surface area (Å²) in [6, 6.07) is 9.66. The molecule has 1 aliphatic rings. The maximum absolute atomic E-state index is 12.9. The number of nitrogens with zero attached hydrogens (tertiary/aromatic N) is 4. The molecule has 142 valence electrons. The predicted molar refractivity (Wildman–Crippen MR) is 98.9 cm³/mol. The molecule has 9 heteroatoms. The molecule has 27 heavy (non-hydrogen) atoms. The highest BCUT2D eigenvalue weighted by Gasteiger charge is 2.31. The van der Waals surface area contributed by atoms with Crippen molar-refractivity contribution in [2.75, 3.05) is 31.1 Å². The van der Waals surface area contributed by atoms with Crippen molar-refractivity contribution in [1.29, 1.82) is 0 Å². The number of piperazine rings is 1. The highest BCUT2D eigenvalue weighted by atomic mass is 32.2. The zero-order valence-corrected chi connectivity index (χ0v) is 15.9. The van der Waals surface area contributed by atoms with Crippen molar-refractivity contribution in [2.45, 2.75) is 18.9 Å². The third-order valence-corrected chi connectivity index (χ3v) is 6.35. The Balaban J connectivity index is 1.47. The number of hydrogen-bond donors (Lipinski definition) is 0. The summed E-state index contributed by atoms with van der Waals surface area (Å²) in [5.41, 5.74) is 2.75. The van der Waals surface area contributed by atoms with E-state index in [2.05, 4.69) is 39.4 Å². The summed E-state index contributed by atoms with van der Waals surface area (Å²) >= 11 is 0. The first kappa shape index (κ1) is 17.7. The van der Waals surface area contributed by atoms with Crippen LogP contribution in [0.4, 0.5) is 5.69 Å². The van der Waals surface area contributed by atoms with E-state index in [1.165, 1.54) is 22.2 Å². The highest BCUT2D eigenvalue weighted by Crippen LogP contribution is 2.27. The Morgan fingerprint density at radius 1 is 1.00 bits per heavy atom. The molecule has 1 aliphatic heterocycles. The Labute approximate surface area is 157 Å². The molecule has 8 nitrogen and oxygen atoms in total. The molecule has 1 aromatic carbocycles. The second-order valence-electron chi connectivity index (χ2n) is 6.51. The van der Waals surface area contributed by atoms with Gasteiger partial charge in [-0.15, -0.1) is 10.2 Å². The maximum Gasteiger partial charge on any atom is 0.276 e. The average molecular weight is 388 g/mol. The zero-order chi connectivity index (χ0) is 19.0. The number of aromatic nitrogens is 2. The molecular weight excluding hydrogens is 368 g/mol. The van der Waals surface area contributed by atoms with Crippen LogP contribution in [-0.4, -0.2) is 49.1 Å². The molecule has 0 aliphatic carbocycles. The fourth-order valence-electron chi connectivity index (χ4n) is 3.05. The first-order valence-corrected chi connectivity index (χ1v) is 10.1. The first-order valence-electron chi connectivity index (χ1n) is 8.64. The summed E-state index contributed by atoms with van der Waals surface area (Å²) in [5.74, 6) is 0.643. The van der Waals surface area contributed by atoms with Crippen LogP contribution in [0, 0.1) is 13.8 Å². The van der Waals surface area contributed by atoms with Gasteiger partial charge in [-0.3, -0.25) is 0 Å². The molecule has 0 N–H and O–H groups in total. The van der Waals surface area contributed by atoms with Crippen molar-refractivity contribution in [1.82, 2.24) is 14.5 Å². The largest absolute Gasteiger partial charge is 0.451 e. The van der Waals surface area contributed by atoms with Crippen molar-refractivity contribution < 1.29 is 17.3 Å². The standard InChI is InChI=1S/C18H20N4O4S/c1-13-3-5-16(6-4-13)21-7-9-22(10-8-21)27(23,24)17-11-15(12-25-17)18-20-19-14(2)26-18/h3-6,11-12H,7-10H2,1-2H3. The van der Waals surface area contributed by atoms with E-state index in [9.17, 15) is 8.42 Å². The highest BCUT2D eigenvalue weighted by molar-refractivity contribution is 7.89. The Bertz CT molecular complexity index is 1030. The third kappa shape index (κ3) is 3.47. The summed E-state index contributed by atoms with van der Waals surface area (Å²) in [5, 5.41) is 7.51. The minimum Gasteiger partial charge on any atom is -0.451 e. The number of sulfonamides is 1. The summed E-state index contributed by atoms with van der Waals surface area (Å²) in [6.07, 6.45) is 1.32. The number of aryl methyl sites for hydroxylation is 2. The monoisotopic (exact) mass is 388 g/mol. The Kier molecular flexibility index (Phi) is 4.48. The van der Waals surface area contributed by atoms with E-state index in [0.29, 0.717) is 37.6 Å². The molecule has 1 saturated heterocycles. The number of anilines is 1. The van der Waals surface area contributed by atoms with Crippen molar-refractivity contribution >= 4 is 15.7 Å². The van der Waals surface area contributed by atoms with Gasteiger partial charge in [0.05, 0.1) is 5.56 Å². The predicted octanol–water partition coefficient (Wildman–Crippen LogP) is 2.46. The fourth-order valence-corrected chi connectivity index (χ4v) is 4.39. The molecule has 1 fully saturated rings. The normalized spacial score (nSPS) is 16.0. The lowest BCUT2D eigenvalue weighted by Crippen LogP contribution is -2.48. The Morgan fingerprint density at radius 2 is 1.70 bits per heavy atom. The van der Waals surface area contributed by atoms with Gasteiger partial charge in [-0.2, -0.15) is 4.31 Å². The van der Waals surface area contributed by atoms with Gasteiger partial charge in [-0.25, -0.2) is 8.42 Å². The summed E-state index contributed by atoms with van der Waals surface area (Å²) in [6.45, 7) is 5.75. The number of rotatable bonds is 4. The van der Waals surface area contributed by atoms with E-state index in [1.807, 2.05) is 6.92 Å². The van der Waals surface area contributed by atoms with Crippen LogP contribution in [0.5, 0.6) is 0 Å². The zero-order valence-electron chi connectivity index (χ0n) is 15.1. The van der Waals surface area contributed by atoms with Crippen molar-refractivity contribution in [3.05, 3.63) is 48.0 Å². The third-order valence-electron chi connectivity index (χ3n) is 4.58. The second kappa shape index (κ2) is 6.82. The van der Waals surface area contributed by atoms with Gasteiger partial charge in [0.25, 0.3) is 15.9 Å². The molecule has 0 unspecified atom stereocenters. The van der Waals surface area contributed by atoms with Crippen molar-refractivity contribution in [2.24, 2.45) is 0 Å². The van der Waals surface area contributed by atoms with E-state index in [0.717, 1.165) is 5.69 Å². The van der Waals surface area contributed by atoms with Crippen LogP contribution in [0.1, 0.15) is 11.5 Å². The van der Waals surface area contributed by atoms with Crippen LogP contribution in [0.15, 0.2) is 50.5 Å². The molecular formula is C18H20N4O4S. The minimum absolute atomic E-state index is 0.114. The van der Waals surface area contributed by atoms with Crippen LogP contribution in [0.25, 0.3) is 11.5 Å². The molecule has 4 rings (SSSR count). The van der Waals surface area contributed by atoms with Gasteiger partial charge in [0.15, 0.2) is 0 Å².